The van der Waals surface area contributed by atoms with Gasteiger partial charge in [0.25, 0.3) is 0 Å². The van der Waals surface area contributed by atoms with Crippen LogP contribution in [0.4, 0.5) is 0 Å². The van der Waals surface area contributed by atoms with Gasteiger partial charge in [0.05, 0.1) is 11.6 Å². The molecule has 0 aliphatic carbocycles. The highest BCUT2D eigenvalue weighted by Crippen LogP contribution is 2.22. The third kappa shape index (κ3) is 1.45. The maximum Gasteiger partial charge on any atom is 0.342 e. The van der Waals surface area contributed by atoms with E-state index in [1.54, 1.807) is 6.92 Å². The standard InChI is InChI=1S/C7H7BrO3/c1-4-6(7(9)10-2)5(8)3-11-4/h3H,1-2H3. The fraction of sp³-hybridized carbons (Fsp3) is 0.286. The Morgan fingerprint density at radius 3 is 2.73 bits per heavy atom. The Kier molecular flexibility index (Phi) is 2.34. The monoisotopic (exact) mass is 218 g/mol. The maximum atomic E-state index is 11.0. The van der Waals surface area contributed by atoms with Gasteiger partial charge in [0, 0.05) is 0 Å². The van der Waals surface area contributed by atoms with Gasteiger partial charge in [0.15, 0.2) is 0 Å². The molecular formula is C7H7BrO3. The molecule has 0 fully saturated rings. The Morgan fingerprint density at radius 2 is 2.36 bits per heavy atom. The van der Waals surface area contributed by atoms with Crippen LogP contribution in [0.3, 0.4) is 0 Å². The number of carbonyl (C=O) groups excluding carboxylic acids is 1. The molecular weight excluding hydrogens is 212 g/mol. The molecule has 0 atom stereocenters. The van der Waals surface area contributed by atoms with Crippen molar-refractivity contribution < 1.29 is 13.9 Å². The van der Waals surface area contributed by atoms with Crippen LogP contribution in [0, 0.1) is 6.92 Å². The first-order valence-electron chi connectivity index (χ1n) is 2.98. The molecule has 60 valence electrons. The smallest absolute Gasteiger partial charge is 0.342 e. The van der Waals surface area contributed by atoms with Crippen LogP contribution in [0.15, 0.2) is 15.2 Å². The number of furan rings is 1. The zero-order valence-corrected chi connectivity index (χ0v) is 7.77. The molecule has 1 heterocycles. The van der Waals surface area contributed by atoms with E-state index >= 15 is 0 Å². The van der Waals surface area contributed by atoms with Gasteiger partial charge in [-0.25, -0.2) is 4.79 Å². The second kappa shape index (κ2) is 3.09. The molecule has 11 heavy (non-hydrogen) atoms. The minimum Gasteiger partial charge on any atom is -0.468 e. The summed E-state index contributed by atoms with van der Waals surface area (Å²) in [5.41, 5.74) is 0.451. The van der Waals surface area contributed by atoms with Crippen molar-refractivity contribution in [1.29, 1.82) is 0 Å². The van der Waals surface area contributed by atoms with Gasteiger partial charge in [-0.3, -0.25) is 0 Å². The Hall–Kier alpha value is -0.770. The number of methoxy groups -OCH3 is 1. The molecule has 0 aromatic carbocycles. The summed E-state index contributed by atoms with van der Waals surface area (Å²) >= 11 is 3.16. The number of hydrogen-bond acceptors (Lipinski definition) is 3. The number of aryl methyl sites for hydroxylation is 1. The van der Waals surface area contributed by atoms with Crippen molar-refractivity contribution >= 4 is 21.9 Å². The average molecular weight is 219 g/mol. The molecule has 1 aromatic rings. The van der Waals surface area contributed by atoms with Crippen molar-refractivity contribution in [2.75, 3.05) is 7.11 Å². The summed E-state index contributed by atoms with van der Waals surface area (Å²) in [5.74, 6) is 0.173. The lowest BCUT2D eigenvalue weighted by Crippen LogP contribution is -2.01. The lowest BCUT2D eigenvalue weighted by Gasteiger charge is -1.95. The molecule has 0 amide bonds. The van der Waals surface area contributed by atoms with Crippen molar-refractivity contribution in [3.05, 3.63) is 22.1 Å². The van der Waals surface area contributed by atoms with E-state index in [9.17, 15) is 4.79 Å². The number of esters is 1. The lowest BCUT2D eigenvalue weighted by atomic mass is 10.3. The van der Waals surface area contributed by atoms with Crippen molar-refractivity contribution in [2.45, 2.75) is 6.92 Å². The minimum absolute atomic E-state index is 0.386. The summed E-state index contributed by atoms with van der Waals surface area (Å²) in [6.07, 6.45) is 1.46. The summed E-state index contributed by atoms with van der Waals surface area (Å²) in [4.78, 5) is 11.0. The highest BCUT2D eigenvalue weighted by atomic mass is 79.9. The first-order chi connectivity index (χ1) is 5.16. The van der Waals surface area contributed by atoms with Crippen molar-refractivity contribution in [3.8, 4) is 0 Å². The Bertz CT molecular complexity index is 258. The summed E-state index contributed by atoms with van der Waals surface area (Å²) in [6.45, 7) is 1.71. The first-order valence-corrected chi connectivity index (χ1v) is 3.78. The summed E-state index contributed by atoms with van der Waals surface area (Å²) < 4.78 is 10.1. The number of rotatable bonds is 1. The van der Waals surface area contributed by atoms with Crippen molar-refractivity contribution in [1.82, 2.24) is 0 Å². The molecule has 0 aliphatic rings. The summed E-state index contributed by atoms with van der Waals surface area (Å²) in [6, 6.07) is 0. The zero-order chi connectivity index (χ0) is 8.43. The van der Waals surface area contributed by atoms with E-state index < -0.39 is 0 Å². The first kappa shape index (κ1) is 8.33. The maximum absolute atomic E-state index is 11.0. The van der Waals surface area contributed by atoms with E-state index in [1.807, 2.05) is 0 Å². The molecule has 0 unspecified atom stereocenters. The van der Waals surface area contributed by atoms with Crippen LogP contribution >= 0.6 is 15.9 Å². The predicted octanol–water partition coefficient (Wildman–Crippen LogP) is 2.14. The van der Waals surface area contributed by atoms with Gasteiger partial charge in [-0.05, 0) is 22.9 Å². The number of carbonyl (C=O) groups is 1. The van der Waals surface area contributed by atoms with Gasteiger partial charge in [0.2, 0.25) is 0 Å². The van der Waals surface area contributed by atoms with E-state index in [4.69, 9.17) is 4.42 Å². The van der Waals surface area contributed by atoms with E-state index in [1.165, 1.54) is 13.4 Å². The van der Waals surface area contributed by atoms with E-state index in [2.05, 4.69) is 20.7 Å². The molecule has 1 aromatic heterocycles. The SMILES string of the molecule is COC(=O)c1c(Br)coc1C. The Labute approximate surface area is 72.5 Å². The lowest BCUT2D eigenvalue weighted by molar-refractivity contribution is 0.0598. The van der Waals surface area contributed by atoms with Crippen LogP contribution in [0.5, 0.6) is 0 Å². The molecule has 0 radical (unpaired) electrons. The van der Waals surface area contributed by atoms with Crippen LogP contribution in [0.25, 0.3) is 0 Å². The average Bonchev–Trinajstić information content (AvgIpc) is 2.30. The van der Waals surface area contributed by atoms with Crippen LogP contribution in [-0.4, -0.2) is 13.1 Å². The van der Waals surface area contributed by atoms with Crippen molar-refractivity contribution in [2.24, 2.45) is 0 Å². The van der Waals surface area contributed by atoms with Crippen LogP contribution in [0.1, 0.15) is 16.1 Å². The Balaban J connectivity index is 3.10. The van der Waals surface area contributed by atoms with Crippen LogP contribution in [-0.2, 0) is 4.74 Å². The third-order valence-corrected chi connectivity index (χ3v) is 1.90. The van der Waals surface area contributed by atoms with Gasteiger partial charge in [-0.15, -0.1) is 0 Å². The fourth-order valence-corrected chi connectivity index (χ4v) is 1.30. The van der Waals surface area contributed by atoms with E-state index in [-0.39, 0.29) is 5.97 Å². The van der Waals surface area contributed by atoms with Crippen LogP contribution in [0.2, 0.25) is 0 Å². The zero-order valence-electron chi connectivity index (χ0n) is 6.18. The van der Waals surface area contributed by atoms with Gasteiger partial charge in [0.1, 0.15) is 17.6 Å². The molecule has 1 rings (SSSR count). The van der Waals surface area contributed by atoms with E-state index in [0.29, 0.717) is 15.8 Å². The highest BCUT2D eigenvalue weighted by molar-refractivity contribution is 9.10. The summed E-state index contributed by atoms with van der Waals surface area (Å²) in [5, 5.41) is 0. The van der Waals surface area contributed by atoms with Crippen molar-refractivity contribution in [3.63, 3.8) is 0 Å². The predicted molar refractivity (Wildman–Crippen MR) is 42.5 cm³/mol. The largest absolute Gasteiger partial charge is 0.468 e. The topological polar surface area (TPSA) is 39.4 Å². The minimum atomic E-state index is -0.386. The van der Waals surface area contributed by atoms with Gasteiger partial charge in [-0.1, -0.05) is 0 Å². The molecule has 0 bridgehead atoms. The number of hydrogen-bond donors (Lipinski definition) is 0. The Morgan fingerprint density at radius 1 is 1.73 bits per heavy atom. The molecule has 0 aliphatic heterocycles. The van der Waals surface area contributed by atoms with Gasteiger partial charge >= 0.3 is 5.97 Å². The fourth-order valence-electron chi connectivity index (χ4n) is 0.769. The molecule has 4 heteroatoms. The van der Waals surface area contributed by atoms with E-state index in [0.717, 1.165) is 0 Å². The molecule has 0 saturated carbocycles. The second-order valence-corrected chi connectivity index (χ2v) is 2.86. The number of halogens is 1. The molecule has 0 spiro atoms. The molecule has 0 saturated heterocycles. The normalized spacial score (nSPS) is 9.73. The molecule has 3 nitrogen and oxygen atoms in total. The van der Waals surface area contributed by atoms with Crippen LogP contribution < -0.4 is 0 Å². The third-order valence-electron chi connectivity index (χ3n) is 1.32. The van der Waals surface area contributed by atoms with Gasteiger partial charge in [-0.2, -0.15) is 0 Å². The van der Waals surface area contributed by atoms with Gasteiger partial charge < -0.3 is 9.15 Å². The highest BCUT2D eigenvalue weighted by Gasteiger charge is 2.16. The summed E-state index contributed by atoms with van der Waals surface area (Å²) in [7, 11) is 1.33. The second-order valence-electron chi connectivity index (χ2n) is 2.01. The number of ether oxygens (including phenoxy) is 1. The molecule has 0 N–H and O–H groups in total. The quantitative estimate of drug-likeness (QED) is 0.679.